The van der Waals surface area contributed by atoms with Crippen LogP contribution in [0.25, 0.3) is 0 Å². The molecular weight excluding hydrogens is 162 g/mol. The number of rotatable bonds is 0. The Labute approximate surface area is 67.4 Å². The molecule has 58 valence electrons. The second-order valence-electron chi connectivity index (χ2n) is 2.33. The van der Waals surface area contributed by atoms with Crippen LogP contribution in [0.15, 0.2) is 0 Å². The molecule has 11 heavy (non-hydrogen) atoms. The van der Waals surface area contributed by atoms with Crippen LogP contribution in [-0.2, 0) is 6.42 Å². The Balaban J connectivity index is 2.52. The molecule has 0 atom stereocenters. The monoisotopic (exact) mass is 169 g/mol. The van der Waals surface area contributed by atoms with E-state index in [1.165, 1.54) is 11.3 Å². The quantitative estimate of drug-likeness (QED) is 0.575. The van der Waals surface area contributed by atoms with Gasteiger partial charge in [0.1, 0.15) is 4.88 Å². The number of carbonyl (C=O) groups is 1. The normalized spacial score (nSPS) is 15.8. The standard InChI is InChI=1S/C6H7N3OS/c7-6-9-3-1-2-8-5(10)4(3)11-6/h1-2H2,(H2,7,9)(H,8,10). The number of anilines is 1. The van der Waals surface area contributed by atoms with Gasteiger partial charge in [0.15, 0.2) is 5.13 Å². The minimum atomic E-state index is -0.0412. The summed E-state index contributed by atoms with van der Waals surface area (Å²) in [6.45, 7) is 0.676. The second-order valence-corrected chi connectivity index (χ2v) is 3.36. The molecule has 0 spiro atoms. The highest BCUT2D eigenvalue weighted by atomic mass is 32.1. The van der Waals surface area contributed by atoms with E-state index in [4.69, 9.17) is 5.73 Å². The molecule has 0 saturated carbocycles. The number of thiazole rings is 1. The Morgan fingerprint density at radius 2 is 2.45 bits per heavy atom. The Hall–Kier alpha value is -1.10. The molecule has 1 aliphatic rings. The third-order valence-electron chi connectivity index (χ3n) is 1.57. The lowest BCUT2D eigenvalue weighted by atomic mass is 10.2. The Kier molecular flexibility index (Phi) is 1.32. The van der Waals surface area contributed by atoms with E-state index in [1.54, 1.807) is 0 Å². The highest BCUT2D eigenvalue weighted by Gasteiger charge is 2.20. The number of carbonyl (C=O) groups excluding carboxylic acids is 1. The highest BCUT2D eigenvalue weighted by molar-refractivity contribution is 7.17. The van der Waals surface area contributed by atoms with Crippen molar-refractivity contribution in [2.24, 2.45) is 0 Å². The maximum atomic E-state index is 11.1. The Morgan fingerprint density at radius 1 is 1.64 bits per heavy atom. The number of hydrogen-bond donors (Lipinski definition) is 2. The van der Waals surface area contributed by atoms with Crippen LogP contribution in [-0.4, -0.2) is 17.4 Å². The fraction of sp³-hybridized carbons (Fsp3) is 0.333. The summed E-state index contributed by atoms with van der Waals surface area (Å²) in [4.78, 5) is 15.8. The molecule has 2 rings (SSSR count). The van der Waals surface area contributed by atoms with Gasteiger partial charge in [-0.15, -0.1) is 0 Å². The average Bonchev–Trinajstić information content (AvgIpc) is 2.31. The van der Waals surface area contributed by atoms with Crippen LogP contribution in [0.5, 0.6) is 0 Å². The van der Waals surface area contributed by atoms with Gasteiger partial charge in [0, 0.05) is 13.0 Å². The number of fused-ring (bicyclic) bond motifs is 1. The minimum Gasteiger partial charge on any atom is -0.375 e. The van der Waals surface area contributed by atoms with E-state index < -0.39 is 0 Å². The first kappa shape index (κ1) is 6.60. The zero-order valence-electron chi connectivity index (χ0n) is 5.76. The second kappa shape index (κ2) is 2.20. The molecule has 0 bridgehead atoms. The molecule has 2 heterocycles. The zero-order chi connectivity index (χ0) is 7.84. The van der Waals surface area contributed by atoms with E-state index in [9.17, 15) is 4.79 Å². The van der Waals surface area contributed by atoms with Crippen LogP contribution in [0.1, 0.15) is 15.4 Å². The fourth-order valence-corrected chi connectivity index (χ4v) is 1.89. The van der Waals surface area contributed by atoms with Crippen LogP contribution in [0.3, 0.4) is 0 Å². The van der Waals surface area contributed by atoms with Crippen molar-refractivity contribution in [3.05, 3.63) is 10.6 Å². The van der Waals surface area contributed by atoms with Gasteiger partial charge >= 0.3 is 0 Å². The molecule has 4 nitrogen and oxygen atoms in total. The number of amides is 1. The van der Waals surface area contributed by atoms with Crippen LogP contribution < -0.4 is 11.1 Å². The van der Waals surface area contributed by atoms with Crippen molar-refractivity contribution in [3.63, 3.8) is 0 Å². The van der Waals surface area contributed by atoms with Crippen molar-refractivity contribution in [2.45, 2.75) is 6.42 Å². The summed E-state index contributed by atoms with van der Waals surface area (Å²) in [5, 5.41) is 3.21. The van der Waals surface area contributed by atoms with Gasteiger partial charge < -0.3 is 11.1 Å². The van der Waals surface area contributed by atoms with E-state index >= 15 is 0 Å². The first-order valence-electron chi connectivity index (χ1n) is 3.31. The van der Waals surface area contributed by atoms with Crippen molar-refractivity contribution >= 4 is 22.4 Å². The maximum Gasteiger partial charge on any atom is 0.263 e. The summed E-state index contributed by atoms with van der Waals surface area (Å²) >= 11 is 1.25. The first-order chi connectivity index (χ1) is 5.27. The smallest absolute Gasteiger partial charge is 0.263 e. The number of nitrogens with one attached hydrogen (secondary N) is 1. The van der Waals surface area contributed by atoms with Gasteiger partial charge in [0.2, 0.25) is 0 Å². The van der Waals surface area contributed by atoms with Crippen LogP contribution in [0.2, 0.25) is 0 Å². The van der Waals surface area contributed by atoms with E-state index in [0.29, 0.717) is 16.6 Å². The lowest BCUT2D eigenvalue weighted by molar-refractivity contribution is 0.0950. The number of hydrogen-bond acceptors (Lipinski definition) is 4. The van der Waals surface area contributed by atoms with Gasteiger partial charge in [0.05, 0.1) is 5.69 Å². The Bertz CT molecular complexity index is 307. The molecule has 1 amide bonds. The first-order valence-corrected chi connectivity index (χ1v) is 4.12. The van der Waals surface area contributed by atoms with Crippen molar-refractivity contribution in [1.29, 1.82) is 0 Å². The predicted molar refractivity (Wildman–Crippen MR) is 42.6 cm³/mol. The van der Waals surface area contributed by atoms with E-state index in [1.807, 2.05) is 0 Å². The molecule has 3 N–H and O–H groups in total. The number of nitrogens with zero attached hydrogens (tertiary/aromatic N) is 1. The van der Waals surface area contributed by atoms with Gasteiger partial charge in [-0.25, -0.2) is 4.98 Å². The number of nitrogens with two attached hydrogens (primary N) is 1. The summed E-state index contributed by atoms with van der Waals surface area (Å²) in [5.74, 6) is -0.0412. The van der Waals surface area contributed by atoms with Crippen molar-refractivity contribution in [3.8, 4) is 0 Å². The lowest BCUT2D eigenvalue weighted by Gasteiger charge is -2.09. The summed E-state index contributed by atoms with van der Waals surface area (Å²) in [7, 11) is 0. The highest BCUT2D eigenvalue weighted by Crippen LogP contribution is 2.22. The third-order valence-corrected chi connectivity index (χ3v) is 2.49. The largest absolute Gasteiger partial charge is 0.375 e. The molecule has 0 unspecified atom stereocenters. The number of nitrogen functional groups attached to an aromatic ring is 1. The van der Waals surface area contributed by atoms with E-state index in [0.717, 1.165) is 12.1 Å². The van der Waals surface area contributed by atoms with Crippen molar-refractivity contribution < 1.29 is 4.79 Å². The Morgan fingerprint density at radius 3 is 3.18 bits per heavy atom. The van der Waals surface area contributed by atoms with Crippen molar-refractivity contribution in [2.75, 3.05) is 12.3 Å². The minimum absolute atomic E-state index is 0.0412. The summed E-state index contributed by atoms with van der Waals surface area (Å²) < 4.78 is 0. The SMILES string of the molecule is Nc1nc2c(s1)C(=O)NCC2. The molecule has 5 heteroatoms. The van der Waals surface area contributed by atoms with E-state index in [2.05, 4.69) is 10.3 Å². The van der Waals surface area contributed by atoms with E-state index in [-0.39, 0.29) is 5.91 Å². The number of aromatic nitrogens is 1. The van der Waals surface area contributed by atoms with Gasteiger partial charge in [0.25, 0.3) is 5.91 Å². The third kappa shape index (κ3) is 0.970. The molecule has 0 saturated heterocycles. The molecule has 0 fully saturated rings. The fourth-order valence-electron chi connectivity index (χ4n) is 1.09. The van der Waals surface area contributed by atoms with Crippen LogP contribution in [0, 0.1) is 0 Å². The average molecular weight is 169 g/mol. The van der Waals surface area contributed by atoms with Crippen LogP contribution >= 0.6 is 11.3 Å². The molecule has 0 radical (unpaired) electrons. The molecule has 1 aromatic rings. The molecule has 1 aliphatic heterocycles. The van der Waals surface area contributed by atoms with Gasteiger partial charge in [-0.1, -0.05) is 11.3 Å². The van der Waals surface area contributed by atoms with Gasteiger partial charge in [-0.3, -0.25) is 4.79 Å². The van der Waals surface area contributed by atoms with Crippen molar-refractivity contribution in [1.82, 2.24) is 10.3 Å². The van der Waals surface area contributed by atoms with Gasteiger partial charge in [-0.2, -0.15) is 0 Å². The van der Waals surface area contributed by atoms with Crippen LogP contribution in [0.4, 0.5) is 5.13 Å². The zero-order valence-corrected chi connectivity index (χ0v) is 6.57. The molecule has 0 aromatic carbocycles. The van der Waals surface area contributed by atoms with Gasteiger partial charge in [-0.05, 0) is 0 Å². The summed E-state index contributed by atoms with van der Waals surface area (Å²) in [6, 6.07) is 0. The topological polar surface area (TPSA) is 68.0 Å². The lowest BCUT2D eigenvalue weighted by Crippen LogP contribution is -2.30. The molecule has 1 aromatic heterocycles. The molecular formula is C6H7N3OS. The summed E-state index contributed by atoms with van der Waals surface area (Å²) in [5.41, 5.74) is 6.29. The maximum absolute atomic E-state index is 11.1. The summed E-state index contributed by atoms with van der Waals surface area (Å²) in [6.07, 6.45) is 0.800. The molecule has 0 aliphatic carbocycles. The predicted octanol–water partition coefficient (Wildman–Crippen LogP) is 0.0112.